The first-order chi connectivity index (χ1) is 25.8. The number of carbonyl (C=O) groups is 4. The molecule has 3 unspecified atom stereocenters. The van der Waals surface area contributed by atoms with Gasteiger partial charge < -0.3 is 56.0 Å². The molecule has 0 radical (unpaired) electrons. The number of aliphatic hydroxyl groups excluding tert-OH is 3. The number of phosphoric acid groups is 3. The Morgan fingerprint density at radius 1 is 1.04 bits per heavy atom. The van der Waals surface area contributed by atoms with Gasteiger partial charge in [-0.15, -0.1) is 0 Å². The zero-order valence-electron chi connectivity index (χ0n) is 29.7. The zero-order valence-corrected chi connectivity index (χ0v) is 33.2. The summed E-state index contributed by atoms with van der Waals surface area (Å²) < 4.78 is 61.9. The van der Waals surface area contributed by atoms with Gasteiger partial charge in [-0.2, -0.15) is 4.31 Å². The second-order valence-electron chi connectivity index (χ2n) is 12.7. The van der Waals surface area contributed by atoms with Gasteiger partial charge in [0, 0.05) is 37.1 Å². The molecule has 1 aliphatic rings. The standard InChI is InChI=1S/C26H42N7O19P3S/c1-13(34)8-14(35)25(40)56-7-6-28-16(36)4-5-29-23(39)20(38)26(2,3)10-49-55(46,47)52-54(44,45)48-9-15-19(51-53(41,42)43)18(37)24(50-15)33-12-32-17-21(27)30-11-31-22(17)33/h11-13,15,18-20,24,34,37-38H,4-10H2,1-3H3,(H,28,36)(H,29,39)(H,44,45)(H,46,47)(H2,27,30,31)(H2,41,42,43)/t13?,15-,18-,19-,20+,24-/m1/s1. The fourth-order valence-corrected chi connectivity index (χ4v) is 8.17. The lowest BCUT2D eigenvalue weighted by molar-refractivity contribution is -0.137. The molecule has 0 spiro atoms. The van der Waals surface area contributed by atoms with Gasteiger partial charge in [0.15, 0.2) is 17.7 Å². The lowest BCUT2D eigenvalue weighted by atomic mass is 9.87. The fraction of sp³-hybridized carbons (Fsp3) is 0.654. The van der Waals surface area contributed by atoms with Crippen LogP contribution in [0.3, 0.4) is 0 Å². The number of nitrogen functional groups attached to an aromatic ring is 1. The van der Waals surface area contributed by atoms with Gasteiger partial charge in [-0.3, -0.25) is 37.3 Å². The molecule has 0 aliphatic carbocycles. The first kappa shape index (κ1) is 47.6. The number of aliphatic hydroxyl groups is 3. The van der Waals surface area contributed by atoms with Crippen LogP contribution in [0.1, 0.15) is 39.8 Å². The number of thioether (sulfide) groups is 1. The predicted octanol–water partition coefficient (Wildman–Crippen LogP) is -2.00. The number of ketones is 1. The number of nitrogens with zero attached hydrogens (tertiary/aromatic N) is 4. The first-order valence-corrected chi connectivity index (χ1v) is 21.6. The number of ether oxygens (including phenoxy) is 1. The molecule has 1 aliphatic heterocycles. The summed E-state index contributed by atoms with van der Waals surface area (Å²) in [5, 5.41) is 34.5. The van der Waals surface area contributed by atoms with E-state index in [1.165, 1.54) is 20.8 Å². The summed E-state index contributed by atoms with van der Waals surface area (Å²) in [5.41, 5.74) is 4.19. The number of nitrogens with one attached hydrogen (secondary N) is 2. The van der Waals surface area contributed by atoms with E-state index in [1.807, 2.05) is 0 Å². The Labute approximate surface area is 321 Å². The van der Waals surface area contributed by atoms with E-state index in [0.717, 1.165) is 17.2 Å². The monoisotopic (exact) mass is 881 g/mol. The summed E-state index contributed by atoms with van der Waals surface area (Å²) >= 11 is 0.660. The highest BCUT2D eigenvalue weighted by Crippen LogP contribution is 2.61. The van der Waals surface area contributed by atoms with Crippen molar-refractivity contribution in [3.05, 3.63) is 12.7 Å². The van der Waals surface area contributed by atoms with E-state index < -0.39 is 102 Å². The summed E-state index contributed by atoms with van der Waals surface area (Å²) in [7, 11) is -16.5. The van der Waals surface area contributed by atoms with Crippen LogP contribution in [0.2, 0.25) is 0 Å². The van der Waals surface area contributed by atoms with Crippen LogP contribution in [0.15, 0.2) is 12.7 Å². The Morgan fingerprint density at radius 2 is 1.70 bits per heavy atom. The summed E-state index contributed by atoms with van der Waals surface area (Å²) in [6.45, 7) is 1.46. The number of hydrogen-bond acceptors (Lipinski definition) is 20. The maximum atomic E-state index is 12.7. The van der Waals surface area contributed by atoms with Crippen molar-refractivity contribution in [3.63, 3.8) is 0 Å². The summed E-state index contributed by atoms with van der Waals surface area (Å²) in [5.74, 6) is -2.32. The molecular weight excluding hydrogens is 839 g/mol. The molecule has 2 aromatic heterocycles. The van der Waals surface area contributed by atoms with Crippen LogP contribution in [-0.2, 0) is 55.5 Å². The zero-order chi connectivity index (χ0) is 42.2. The highest BCUT2D eigenvalue weighted by atomic mass is 32.2. The number of amides is 2. The van der Waals surface area contributed by atoms with Crippen LogP contribution in [0.25, 0.3) is 11.2 Å². The lowest BCUT2D eigenvalue weighted by Gasteiger charge is -2.30. The molecule has 30 heteroatoms. The quantitative estimate of drug-likeness (QED) is 0.0347. The molecule has 11 N–H and O–H groups in total. The highest BCUT2D eigenvalue weighted by Gasteiger charge is 2.50. The van der Waals surface area contributed by atoms with Crippen molar-refractivity contribution in [1.82, 2.24) is 30.2 Å². The number of nitrogens with two attached hydrogens (primary N) is 1. The van der Waals surface area contributed by atoms with Crippen molar-refractivity contribution in [2.24, 2.45) is 5.41 Å². The first-order valence-electron chi connectivity index (χ1n) is 16.1. The molecular formula is C26H42N7O19P3S. The predicted molar refractivity (Wildman–Crippen MR) is 188 cm³/mol. The van der Waals surface area contributed by atoms with Crippen LogP contribution in [0.4, 0.5) is 5.82 Å². The van der Waals surface area contributed by atoms with E-state index in [9.17, 15) is 62.7 Å². The van der Waals surface area contributed by atoms with Gasteiger partial charge in [-0.05, 0) is 6.92 Å². The number of Topliss-reactive ketones (excluding diaryl/α,β-unsaturated/α-hetero) is 1. The van der Waals surface area contributed by atoms with Gasteiger partial charge in [-0.1, -0.05) is 25.6 Å². The van der Waals surface area contributed by atoms with Crippen molar-refractivity contribution >= 4 is 74.9 Å². The van der Waals surface area contributed by atoms with Crippen LogP contribution in [-0.4, -0.2) is 140 Å². The number of fused-ring (bicyclic) bond motifs is 1. The maximum absolute atomic E-state index is 12.7. The minimum absolute atomic E-state index is 0.00702. The number of hydrogen-bond donors (Lipinski definition) is 10. The van der Waals surface area contributed by atoms with Gasteiger partial charge in [0.2, 0.25) is 17.6 Å². The average Bonchev–Trinajstić information content (AvgIpc) is 3.64. The molecule has 2 aromatic rings. The van der Waals surface area contributed by atoms with Crippen LogP contribution in [0.5, 0.6) is 0 Å². The van der Waals surface area contributed by atoms with E-state index in [-0.39, 0.29) is 48.7 Å². The minimum atomic E-state index is -5.59. The number of carbonyl (C=O) groups excluding carboxylic acids is 4. The van der Waals surface area contributed by atoms with Crippen molar-refractivity contribution in [3.8, 4) is 0 Å². The number of aromatic nitrogens is 4. The third-order valence-corrected chi connectivity index (χ3v) is 11.4. The largest absolute Gasteiger partial charge is 0.481 e. The minimum Gasteiger partial charge on any atom is -0.393 e. The van der Waals surface area contributed by atoms with Crippen LogP contribution in [0, 0.1) is 5.41 Å². The SMILES string of the molecule is CC(O)CC(=O)C(=O)SCCNC(=O)CCNC(=O)[C@H](O)C(C)(C)COP(=O)(O)OP(=O)(O)OC[C@H]1O[C@@H](n2cnc3c(N)ncnc32)[C@H](O)[C@@H]1OP(=O)(O)O. The normalized spacial score (nSPS) is 22.2. The summed E-state index contributed by atoms with van der Waals surface area (Å²) in [4.78, 5) is 98.6. The van der Waals surface area contributed by atoms with Gasteiger partial charge in [-0.25, -0.2) is 28.6 Å². The second kappa shape index (κ2) is 19.8. The molecule has 316 valence electrons. The van der Waals surface area contributed by atoms with Crippen molar-refractivity contribution in [1.29, 1.82) is 0 Å². The second-order valence-corrected chi connectivity index (χ2v) is 18.0. The van der Waals surface area contributed by atoms with E-state index in [2.05, 4.69) is 34.4 Å². The maximum Gasteiger partial charge on any atom is 0.481 e. The molecule has 0 aromatic carbocycles. The van der Waals surface area contributed by atoms with Crippen molar-refractivity contribution in [2.75, 3.05) is 37.8 Å². The highest BCUT2D eigenvalue weighted by molar-refractivity contribution is 8.15. The van der Waals surface area contributed by atoms with Gasteiger partial charge in [0.05, 0.1) is 25.6 Å². The van der Waals surface area contributed by atoms with Gasteiger partial charge in [0.1, 0.15) is 36.3 Å². The lowest BCUT2D eigenvalue weighted by Crippen LogP contribution is -2.46. The molecule has 3 heterocycles. The number of phosphoric ester groups is 3. The molecule has 2 amide bonds. The number of anilines is 1. The Bertz CT molecular complexity index is 1880. The Balaban J connectivity index is 1.49. The van der Waals surface area contributed by atoms with Gasteiger partial charge in [0.25, 0.3) is 5.12 Å². The van der Waals surface area contributed by atoms with E-state index in [4.69, 9.17) is 24.6 Å². The van der Waals surface area contributed by atoms with E-state index >= 15 is 0 Å². The summed E-state index contributed by atoms with van der Waals surface area (Å²) in [6.07, 6.45) is -8.43. The number of imidazole rings is 1. The molecule has 0 bridgehead atoms. The van der Waals surface area contributed by atoms with E-state index in [0.29, 0.717) is 11.8 Å². The van der Waals surface area contributed by atoms with E-state index in [1.54, 1.807) is 0 Å². The Kier molecular flexibility index (Phi) is 16.8. The third-order valence-electron chi connectivity index (χ3n) is 7.44. The van der Waals surface area contributed by atoms with Crippen molar-refractivity contribution < 1.29 is 90.4 Å². The number of rotatable bonds is 22. The molecule has 0 saturated carbocycles. The molecule has 3 rings (SSSR count). The van der Waals surface area contributed by atoms with Crippen LogP contribution >= 0.6 is 35.2 Å². The smallest absolute Gasteiger partial charge is 0.393 e. The molecule has 26 nitrogen and oxygen atoms in total. The molecule has 1 fully saturated rings. The van der Waals surface area contributed by atoms with Crippen LogP contribution < -0.4 is 16.4 Å². The topological polar surface area (TPSA) is 401 Å². The Hall–Kier alpha value is -2.81. The molecule has 56 heavy (non-hydrogen) atoms. The molecule has 8 atom stereocenters. The average molecular weight is 882 g/mol. The summed E-state index contributed by atoms with van der Waals surface area (Å²) in [6, 6.07) is 0. The molecule has 1 saturated heterocycles. The van der Waals surface area contributed by atoms with Gasteiger partial charge >= 0.3 is 23.5 Å². The fourth-order valence-electron chi connectivity index (χ4n) is 4.71. The Morgan fingerprint density at radius 3 is 2.34 bits per heavy atom. The third kappa shape index (κ3) is 14.2. The van der Waals surface area contributed by atoms with Crippen molar-refractivity contribution in [2.45, 2.75) is 70.4 Å².